The van der Waals surface area contributed by atoms with Crippen molar-refractivity contribution in [1.82, 2.24) is 20.1 Å². The Morgan fingerprint density at radius 1 is 1.16 bits per heavy atom. The zero-order valence-corrected chi connectivity index (χ0v) is 15.0. The summed E-state index contributed by atoms with van der Waals surface area (Å²) in [5.41, 5.74) is 2.87. The Kier molecular flexibility index (Phi) is 4.11. The van der Waals surface area contributed by atoms with E-state index in [2.05, 4.69) is 15.2 Å². The number of amides is 1. The molecule has 0 unspecified atom stereocenters. The summed E-state index contributed by atoms with van der Waals surface area (Å²) in [7, 11) is 0. The largest absolute Gasteiger partial charge is 0.361 e. The van der Waals surface area contributed by atoms with Gasteiger partial charge in [-0.05, 0) is 39.5 Å². The Morgan fingerprint density at radius 2 is 2.00 bits per heavy atom. The first kappa shape index (κ1) is 16.3. The smallest absolute Gasteiger partial charge is 0.292 e. The number of aryl methyl sites for hydroxylation is 3. The van der Waals surface area contributed by atoms with Crippen molar-refractivity contribution in [3.8, 4) is 0 Å². The van der Waals surface area contributed by atoms with Gasteiger partial charge in [0.25, 0.3) is 5.91 Å². The van der Waals surface area contributed by atoms with E-state index in [1.54, 1.807) is 6.07 Å². The molecule has 1 amide bonds. The van der Waals surface area contributed by atoms with E-state index in [1.807, 2.05) is 25.7 Å². The van der Waals surface area contributed by atoms with E-state index >= 15 is 0 Å². The molecule has 0 saturated carbocycles. The van der Waals surface area contributed by atoms with Gasteiger partial charge in [-0.15, -0.1) is 0 Å². The first-order valence-electron chi connectivity index (χ1n) is 8.89. The van der Waals surface area contributed by atoms with Gasteiger partial charge in [-0.25, -0.2) is 0 Å². The van der Waals surface area contributed by atoms with Crippen molar-refractivity contribution in [3.63, 3.8) is 0 Å². The molecule has 2 bridgehead atoms. The molecule has 2 atom stereocenters. The van der Waals surface area contributed by atoms with E-state index in [0.717, 1.165) is 49.7 Å². The molecule has 0 aliphatic carbocycles. The summed E-state index contributed by atoms with van der Waals surface area (Å²) >= 11 is 0. The number of hydrogen-bond donors (Lipinski definition) is 0. The molecule has 3 aliphatic heterocycles. The Balaban J connectivity index is 1.51. The first-order chi connectivity index (χ1) is 12.0. The van der Waals surface area contributed by atoms with Gasteiger partial charge >= 0.3 is 0 Å². The lowest BCUT2D eigenvalue weighted by Gasteiger charge is -2.35. The number of piperidine rings is 1. The normalized spacial score (nSPS) is 23.9. The van der Waals surface area contributed by atoms with Crippen LogP contribution in [-0.4, -0.2) is 51.7 Å². The summed E-state index contributed by atoms with van der Waals surface area (Å²) in [5.74, 6) is 1.70. The van der Waals surface area contributed by atoms with E-state index < -0.39 is 0 Å². The summed E-state index contributed by atoms with van der Waals surface area (Å²) in [6, 6.07) is 1.94. The predicted molar refractivity (Wildman–Crippen MR) is 90.0 cm³/mol. The fraction of sp³-hybridized carbons (Fsp3) is 0.611. The van der Waals surface area contributed by atoms with Gasteiger partial charge in [0, 0.05) is 43.9 Å². The number of aromatic nitrogens is 2. The highest BCUT2D eigenvalue weighted by Gasteiger charge is 2.38. The number of nitrogens with zero attached hydrogens (tertiary/aromatic N) is 4. The molecular formula is C18H24N4O3. The van der Waals surface area contributed by atoms with Crippen LogP contribution in [0.3, 0.4) is 0 Å². The van der Waals surface area contributed by atoms with E-state index in [1.165, 1.54) is 12.0 Å². The molecule has 25 heavy (non-hydrogen) atoms. The van der Waals surface area contributed by atoms with Crippen molar-refractivity contribution < 1.29 is 13.8 Å². The number of hydrogen-bond acceptors (Lipinski definition) is 6. The number of fused-ring (bicyclic) bond motifs is 4. The number of carbonyl (C=O) groups excluding carboxylic acids is 1. The fourth-order valence-electron chi connectivity index (χ4n) is 4.11. The second-order valence-electron chi connectivity index (χ2n) is 7.38. The predicted octanol–water partition coefficient (Wildman–Crippen LogP) is 2.32. The van der Waals surface area contributed by atoms with Crippen molar-refractivity contribution in [2.24, 2.45) is 5.92 Å². The van der Waals surface area contributed by atoms with Crippen LogP contribution in [0.25, 0.3) is 0 Å². The van der Waals surface area contributed by atoms with Crippen LogP contribution in [-0.2, 0) is 6.54 Å². The van der Waals surface area contributed by atoms with E-state index in [9.17, 15) is 4.79 Å². The van der Waals surface area contributed by atoms with Crippen LogP contribution < -0.4 is 0 Å². The number of carbonyl (C=O) groups is 1. The zero-order valence-electron chi connectivity index (χ0n) is 15.0. The molecule has 2 aromatic heterocycles. The molecule has 3 aliphatic rings. The lowest BCUT2D eigenvalue weighted by molar-refractivity contribution is 0.0543. The summed E-state index contributed by atoms with van der Waals surface area (Å²) in [4.78, 5) is 17.3. The van der Waals surface area contributed by atoms with Gasteiger partial charge in [0.2, 0.25) is 5.76 Å². The molecule has 2 aromatic rings. The summed E-state index contributed by atoms with van der Waals surface area (Å²) in [6.45, 7) is 9.28. The maximum Gasteiger partial charge on any atom is 0.292 e. The molecule has 0 radical (unpaired) electrons. The molecule has 7 heteroatoms. The van der Waals surface area contributed by atoms with Crippen LogP contribution in [0, 0.1) is 26.7 Å². The van der Waals surface area contributed by atoms with Crippen LogP contribution in [0.4, 0.5) is 0 Å². The van der Waals surface area contributed by atoms with E-state index in [0.29, 0.717) is 11.7 Å². The van der Waals surface area contributed by atoms with Crippen molar-refractivity contribution >= 4 is 5.91 Å². The van der Waals surface area contributed by atoms with Crippen LogP contribution in [0.1, 0.15) is 46.1 Å². The zero-order chi connectivity index (χ0) is 17.6. The summed E-state index contributed by atoms with van der Waals surface area (Å²) in [5, 5.41) is 7.91. The Morgan fingerprint density at radius 3 is 2.68 bits per heavy atom. The molecule has 3 fully saturated rings. The average molecular weight is 344 g/mol. The Labute approximate surface area is 146 Å². The van der Waals surface area contributed by atoms with Gasteiger partial charge < -0.3 is 13.9 Å². The second kappa shape index (κ2) is 6.29. The standard InChI is InChI=1S/C18H24N4O3/c1-11-6-17(25-19-11)18(23)22-8-14-4-5-15(22)9-21(7-14)10-16-12(2)20-24-13(16)3/h6,14-15H,4-5,7-10H2,1-3H3/t14-,15+/m1/s1. The van der Waals surface area contributed by atoms with Crippen LogP contribution in [0.15, 0.2) is 15.1 Å². The monoisotopic (exact) mass is 344 g/mol. The van der Waals surface area contributed by atoms with Crippen molar-refractivity contribution in [2.45, 2.75) is 46.2 Å². The second-order valence-corrected chi connectivity index (χ2v) is 7.38. The highest BCUT2D eigenvalue weighted by Crippen LogP contribution is 2.30. The third-order valence-corrected chi connectivity index (χ3v) is 5.45. The maximum absolute atomic E-state index is 12.8. The van der Waals surface area contributed by atoms with E-state index in [-0.39, 0.29) is 11.9 Å². The SMILES string of the molecule is Cc1cc(C(=O)N2C[C@@H]3CC[C@H]2CN(Cc2c(C)noc2C)C3)on1. The fourth-order valence-corrected chi connectivity index (χ4v) is 4.11. The van der Waals surface area contributed by atoms with Gasteiger partial charge in [-0.3, -0.25) is 9.69 Å². The van der Waals surface area contributed by atoms with Crippen molar-refractivity contribution in [3.05, 3.63) is 34.5 Å². The maximum atomic E-state index is 12.8. The van der Waals surface area contributed by atoms with Crippen molar-refractivity contribution in [1.29, 1.82) is 0 Å². The first-order valence-corrected chi connectivity index (χ1v) is 8.89. The average Bonchev–Trinajstić information content (AvgIpc) is 3.02. The molecule has 5 heterocycles. The van der Waals surface area contributed by atoms with Crippen LogP contribution >= 0.6 is 0 Å². The molecule has 0 spiro atoms. The third kappa shape index (κ3) is 3.08. The molecule has 7 nitrogen and oxygen atoms in total. The van der Waals surface area contributed by atoms with Gasteiger partial charge in [0.15, 0.2) is 0 Å². The minimum atomic E-state index is -0.0329. The molecule has 3 saturated heterocycles. The lowest BCUT2D eigenvalue weighted by Crippen LogP contribution is -2.47. The van der Waals surface area contributed by atoms with Gasteiger partial charge in [0.05, 0.1) is 11.4 Å². The Hall–Kier alpha value is -2.15. The van der Waals surface area contributed by atoms with Crippen LogP contribution in [0.5, 0.6) is 0 Å². The summed E-state index contributed by atoms with van der Waals surface area (Å²) in [6.07, 6.45) is 2.21. The highest BCUT2D eigenvalue weighted by atomic mass is 16.5. The van der Waals surface area contributed by atoms with Crippen LogP contribution in [0.2, 0.25) is 0 Å². The van der Waals surface area contributed by atoms with Gasteiger partial charge in [-0.2, -0.15) is 0 Å². The molecular weight excluding hydrogens is 320 g/mol. The van der Waals surface area contributed by atoms with Gasteiger partial charge in [-0.1, -0.05) is 10.3 Å². The Bertz CT molecular complexity index is 762. The highest BCUT2D eigenvalue weighted by molar-refractivity contribution is 5.91. The third-order valence-electron chi connectivity index (χ3n) is 5.45. The molecule has 5 rings (SSSR count). The van der Waals surface area contributed by atoms with Gasteiger partial charge in [0.1, 0.15) is 5.76 Å². The number of rotatable bonds is 3. The molecule has 134 valence electrons. The minimum absolute atomic E-state index is 0.0329. The molecule has 0 aromatic carbocycles. The van der Waals surface area contributed by atoms with Crippen molar-refractivity contribution in [2.75, 3.05) is 19.6 Å². The molecule has 0 N–H and O–H groups in total. The van der Waals surface area contributed by atoms with E-state index in [4.69, 9.17) is 9.05 Å². The quantitative estimate of drug-likeness (QED) is 0.850. The minimum Gasteiger partial charge on any atom is -0.361 e. The lowest BCUT2D eigenvalue weighted by atomic mass is 9.95. The topological polar surface area (TPSA) is 75.6 Å². The summed E-state index contributed by atoms with van der Waals surface area (Å²) < 4.78 is 10.5.